The summed E-state index contributed by atoms with van der Waals surface area (Å²) in [5.41, 5.74) is 6.97. The molecule has 4 nitrogen and oxygen atoms in total. The number of rotatable bonds is 6. The number of nitrogens with two attached hydrogens (primary N) is 1. The molecule has 1 rings (SSSR count). The average molecular weight is 268 g/mol. The number of ether oxygens (including phenoxy) is 1. The lowest BCUT2D eigenvalue weighted by Crippen LogP contribution is -2.16. The molecule has 0 aliphatic carbocycles. The summed E-state index contributed by atoms with van der Waals surface area (Å²) >= 11 is 1.64. The Labute approximate surface area is 112 Å². The molecule has 0 fully saturated rings. The Balaban J connectivity index is 2.54. The number of amides is 1. The molecule has 1 atom stereocenters. The number of thioether (sulfide) groups is 1. The van der Waals surface area contributed by atoms with E-state index in [-0.39, 0.29) is 5.91 Å². The molecular formula is C13H20N2O2S. The van der Waals surface area contributed by atoms with Crippen LogP contribution in [-0.4, -0.2) is 24.0 Å². The molecule has 0 radical (unpaired) electrons. The van der Waals surface area contributed by atoms with Gasteiger partial charge in [0.1, 0.15) is 5.75 Å². The number of carbonyl (C=O) groups excluding carboxylic acids is 1. The van der Waals surface area contributed by atoms with Gasteiger partial charge in [0.25, 0.3) is 0 Å². The molecule has 5 heteroatoms. The zero-order chi connectivity index (χ0) is 13.5. The number of carbonyl (C=O) groups is 1. The van der Waals surface area contributed by atoms with E-state index in [0.29, 0.717) is 28.1 Å². The summed E-state index contributed by atoms with van der Waals surface area (Å²) in [5, 5.41) is 3.29. The van der Waals surface area contributed by atoms with Crippen molar-refractivity contribution in [3.05, 3.63) is 18.2 Å². The second-order valence-electron chi connectivity index (χ2n) is 4.03. The normalized spacial score (nSPS) is 11.9. The fourth-order valence-electron chi connectivity index (χ4n) is 1.30. The highest BCUT2D eigenvalue weighted by molar-refractivity contribution is 8.00. The number of benzene rings is 1. The molecule has 0 aromatic heterocycles. The van der Waals surface area contributed by atoms with E-state index in [1.54, 1.807) is 37.1 Å². The zero-order valence-electron chi connectivity index (χ0n) is 11.0. The monoisotopic (exact) mass is 268 g/mol. The first kappa shape index (κ1) is 14.7. The summed E-state index contributed by atoms with van der Waals surface area (Å²) in [5.74, 6) is 1.09. The van der Waals surface area contributed by atoms with E-state index >= 15 is 0 Å². The van der Waals surface area contributed by atoms with Crippen LogP contribution >= 0.6 is 11.8 Å². The minimum absolute atomic E-state index is 0.0304. The number of hydrogen-bond donors (Lipinski definition) is 2. The molecule has 1 amide bonds. The molecule has 0 heterocycles. The van der Waals surface area contributed by atoms with Gasteiger partial charge in [-0.1, -0.05) is 13.8 Å². The molecule has 1 unspecified atom stereocenters. The first-order chi connectivity index (χ1) is 8.56. The van der Waals surface area contributed by atoms with E-state index in [9.17, 15) is 4.79 Å². The summed E-state index contributed by atoms with van der Waals surface area (Å²) in [6, 6.07) is 5.21. The molecule has 3 N–H and O–H groups in total. The van der Waals surface area contributed by atoms with Gasteiger partial charge in [-0.3, -0.25) is 4.79 Å². The Kier molecular flexibility index (Phi) is 5.85. The second-order valence-corrected chi connectivity index (χ2v) is 5.46. The maximum Gasteiger partial charge on any atom is 0.234 e. The lowest BCUT2D eigenvalue weighted by Gasteiger charge is -2.11. The smallest absolute Gasteiger partial charge is 0.234 e. The van der Waals surface area contributed by atoms with Crippen LogP contribution in [0.15, 0.2) is 18.2 Å². The maximum atomic E-state index is 11.7. The van der Waals surface area contributed by atoms with E-state index in [2.05, 4.69) is 19.2 Å². The molecular weight excluding hydrogens is 248 g/mol. The van der Waals surface area contributed by atoms with Crippen LogP contribution in [-0.2, 0) is 4.79 Å². The third-order valence-electron chi connectivity index (χ3n) is 2.61. The predicted octanol–water partition coefficient (Wildman–Crippen LogP) is 2.75. The van der Waals surface area contributed by atoms with Gasteiger partial charge >= 0.3 is 0 Å². The summed E-state index contributed by atoms with van der Waals surface area (Å²) < 4.78 is 5.05. The Bertz CT molecular complexity index is 410. The first-order valence-corrected chi connectivity index (χ1v) is 6.96. The van der Waals surface area contributed by atoms with E-state index in [0.717, 1.165) is 6.42 Å². The van der Waals surface area contributed by atoms with Crippen LogP contribution in [0.5, 0.6) is 5.75 Å². The molecule has 1 aromatic carbocycles. The average Bonchev–Trinajstić information content (AvgIpc) is 2.38. The van der Waals surface area contributed by atoms with Crippen molar-refractivity contribution in [1.29, 1.82) is 0 Å². The summed E-state index contributed by atoms with van der Waals surface area (Å²) in [6.07, 6.45) is 1.06. The van der Waals surface area contributed by atoms with Gasteiger partial charge in [-0.15, -0.1) is 11.8 Å². The van der Waals surface area contributed by atoms with Gasteiger partial charge < -0.3 is 15.8 Å². The molecule has 100 valence electrons. The topological polar surface area (TPSA) is 64.3 Å². The van der Waals surface area contributed by atoms with Gasteiger partial charge in [0.05, 0.1) is 24.2 Å². The predicted molar refractivity (Wildman–Crippen MR) is 78.2 cm³/mol. The number of nitrogen functional groups attached to an aromatic ring is 1. The zero-order valence-corrected chi connectivity index (χ0v) is 11.8. The van der Waals surface area contributed by atoms with Crippen LogP contribution in [0.2, 0.25) is 0 Å². The quantitative estimate of drug-likeness (QED) is 0.779. The van der Waals surface area contributed by atoms with Crippen molar-refractivity contribution >= 4 is 29.0 Å². The molecule has 0 saturated heterocycles. The largest absolute Gasteiger partial charge is 0.497 e. The highest BCUT2D eigenvalue weighted by Gasteiger charge is 2.08. The minimum Gasteiger partial charge on any atom is -0.497 e. The van der Waals surface area contributed by atoms with Crippen LogP contribution < -0.4 is 15.8 Å². The molecule has 1 aromatic rings. The Morgan fingerprint density at radius 1 is 1.56 bits per heavy atom. The molecule has 0 aliphatic heterocycles. The van der Waals surface area contributed by atoms with E-state index < -0.39 is 0 Å². The molecule has 0 saturated carbocycles. The van der Waals surface area contributed by atoms with Crippen molar-refractivity contribution in [3.63, 3.8) is 0 Å². The third kappa shape index (κ3) is 4.49. The lowest BCUT2D eigenvalue weighted by atomic mass is 10.2. The molecule has 0 aliphatic rings. The van der Waals surface area contributed by atoms with E-state index in [4.69, 9.17) is 10.5 Å². The van der Waals surface area contributed by atoms with Crippen LogP contribution in [0.3, 0.4) is 0 Å². The first-order valence-electron chi connectivity index (χ1n) is 5.91. The van der Waals surface area contributed by atoms with Gasteiger partial charge in [-0.25, -0.2) is 0 Å². The molecule has 0 spiro atoms. The van der Waals surface area contributed by atoms with Crippen molar-refractivity contribution in [3.8, 4) is 5.75 Å². The van der Waals surface area contributed by atoms with Crippen molar-refractivity contribution < 1.29 is 9.53 Å². The van der Waals surface area contributed by atoms with Gasteiger partial charge in [0, 0.05) is 11.3 Å². The summed E-state index contributed by atoms with van der Waals surface area (Å²) in [6.45, 7) is 4.22. The number of hydrogen-bond acceptors (Lipinski definition) is 4. The van der Waals surface area contributed by atoms with E-state index in [1.807, 2.05) is 0 Å². The SMILES string of the molecule is CCC(C)SCC(=O)Nc1ccc(OC)cc1N. The highest BCUT2D eigenvalue weighted by Crippen LogP contribution is 2.24. The number of anilines is 2. The second kappa shape index (κ2) is 7.16. The Morgan fingerprint density at radius 2 is 2.28 bits per heavy atom. The fourth-order valence-corrected chi connectivity index (χ4v) is 2.05. The molecule has 0 bridgehead atoms. The van der Waals surface area contributed by atoms with Crippen LogP contribution in [0, 0.1) is 0 Å². The number of nitrogens with one attached hydrogen (secondary N) is 1. The van der Waals surface area contributed by atoms with Crippen molar-refractivity contribution in [2.24, 2.45) is 0 Å². The van der Waals surface area contributed by atoms with Gasteiger partial charge in [0.2, 0.25) is 5.91 Å². The van der Waals surface area contributed by atoms with Crippen LogP contribution in [0.25, 0.3) is 0 Å². The fraction of sp³-hybridized carbons (Fsp3) is 0.462. The van der Waals surface area contributed by atoms with Crippen molar-refractivity contribution in [2.75, 3.05) is 23.9 Å². The van der Waals surface area contributed by atoms with E-state index in [1.165, 1.54) is 0 Å². The summed E-state index contributed by atoms with van der Waals surface area (Å²) in [7, 11) is 1.58. The minimum atomic E-state index is -0.0304. The van der Waals surface area contributed by atoms with Crippen molar-refractivity contribution in [1.82, 2.24) is 0 Å². The van der Waals surface area contributed by atoms with Crippen LogP contribution in [0.4, 0.5) is 11.4 Å². The Morgan fingerprint density at radius 3 is 2.83 bits per heavy atom. The Hall–Kier alpha value is -1.36. The highest BCUT2D eigenvalue weighted by atomic mass is 32.2. The van der Waals surface area contributed by atoms with Gasteiger partial charge in [-0.2, -0.15) is 0 Å². The summed E-state index contributed by atoms with van der Waals surface area (Å²) in [4.78, 5) is 11.7. The lowest BCUT2D eigenvalue weighted by molar-refractivity contribution is -0.113. The van der Waals surface area contributed by atoms with Gasteiger partial charge in [-0.05, 0) is 18.6 Å². The maximum absolute atomic E-state index is 11.7. The third-order valence-corrected chi connectivity index (χ3v) is 3.94. The standard InChI is InChI=1S/C13H20N2O2S/c1-4-9(2)18-8-13(16)15-12-6-5-10(17-3)7-11(12)14/h5-7,9H,4,8,14H2,1-3H3,(H,15,16). The molecule has 18 heavy (non-hydrogen) atoms. The van der Waals surface area contributed by atoms with Gasteiger partial charge in [0.15, 0.2) is 0 Å². The number of methoxy groups -OCH3 is 1. The van der Waals surface area contributed by atoms with Crippen molar-refractivity contribution in [2.45, 2.75) is 25.5 Å². The van der Waals surface area contributed by atoms with Crippen LogP contribution in [0.1, 0.15) is 20.3 Å².